The third-order valence-electron chi connectivity index (χ3n) is 2.48. The maximum Gasteiger partial charge on any atom is 0.0939 e. The molecule has 2 N–H and O–H groups in total. The van der Waals surface area contributed by atoms with E-state index in [9.17, 15) is 0 Å². The zero-order valence-electron chi connectivity index (χ0n) is 9.16. The molecule has 2 aromatic rings. The Kier molecular flexibility index (Phi) is 3.03. The third kappa shape index (κ3) is 2.36. The Bertz CT molecular complexity index is 460. The Labute approximate surface area is 94.1 Å². The summed E-state index contributed by atoms with van der Waals surface area (Å²) in [4.78, 5) is 4.65. The number of nitrogens with zero attached hydrogens (tertiary/aromatic N) is 1. The lowest BCUT2D eigenvalue weighted by Gasteiger charge is -2.00. The minimum atomic E-state index is 0.262. The summed E-state index contributed by atoms with van der Waals surface area (Å²) in [5, 5.41) is 1.21. The van der Waals surface area contributed by atoms with Crippen molar-refractivity contribution in [3.8, 4) is 0 Å². The standard InChI is InChI=1S/C12H16N2S/c1-8-4-3-5-10-12(8)14-11(15-10)7-6-9(2)13/h3-5,9H,6-7,13H2,1-2H3. The van der Waals surface area contributed by atoms with Crippen molar-refractivity contribution in [2.75, 3.05) is 0 Å². The van der Waals surface area contributed by atoms with Crippen molar-refractivity contribution in [3.63, 3.8) is 0 Å². The maximum atomic E-state index is 5.74. The molecule has 80 valence electrons. The van der Waals surface area contributed by atoms with E-state index in [1.807, 2.05) is 6.92 Å². The van der Waals surface area contributed by atoms with Crippen LogP contribution in [0.2, 0.25) is 0 Å². The van der Waals surface area contributed by atoms with Gasteiger partial charge in [0.25, 0.3) is 0 Å². The van der Waals surface area contributed by atoms with Crippen LogP contribution in [-0.2, 0) is 6.42 Å². The number of para-hydroxylation sites is 1. The molecule has 3 heteroatoms. The van der Waals surface area contributed by atoms with Crippen molar-refractivity contribution in [2.45, 2.75) is 32.7 Å². The molecule has 0 spiro atoms. The fraction of sp³-hybridized carbons (Fsp3) is 0.417. The van der Waals surface area contributed by atoms with Gasteiger partial charge in [-0.2, -0.15) is 0 Å². The Hall–Kier alpha value is -0.930. The molecule has 0 radical (unpaired) electrons. The highest BCUT2D eigenvalue weighted by molar-refractivity contribution is 7.18. The molecule has 0 aliphatic carbocycles. The first kappa shape index (κ1) is 10.6. The lowest BCUT2D eigenvalue weighted by Crippen LogP contribution is -2.15. The molecule has 0 aliphatic rings. The molecule has 1 aromatic carbocycles. The van der Waals surface area contributed by atoms with Gasteiger partial charge in [0, 0.05) is 12.5 Å². The van der Waals surface area contributed by atoms with Crippen LogP contribution in [0.4, 0.5) is 0 Å². The minimum absolute atomic E-state index is 0.262. The molecule has 2 rings (SSSR count). The summed E-state index contributed by atoms with van der Waals surface area (Å²) >= 11 is 1.79. The summed E-state index contributed by atoms with van der Waals surface area (Å²) < 4.78 is 1.29. The van der Waals surface area contributed by atoms with Crippen molar-refractivity contribution in [3.05, 3.63) is 28.8 Å². The van der Waals surface area contributed by atoms with Gasteiger partial charge in [0.05, 0.1) is 15.2 Å². The molecule has 1 unspecified atom stereocenters. The first-order chi connectivity index (χ1) is 7.16. The van der Waals surface area contributed by atoms with Crippen LogP contribution in [0, 0.1) is 6.92 Å². The van der Waals surface area contributed by atoms with E-state index in [0.717, 1.165) is 18.4 Å². The van der Waals surface area contributed by atoms with Gasteiger partial charge in [-0.25, -0.2) is 4.98 Å². The average molecular weight is 220 g/mol. The predicted molar refractivity (Wildman–Crippen MR) is 66.3 cm³/mol. The van der Waals surface area contributed by atoms with Gasteiger partial charge in [-0.05, 0) is 31.9 Å². The van der Waals surface area contributed by atoms with Crippen molar-refractivity contribution in [1.29, 1.82) is 0 Å². The lowest BCUT2D eigenvalue weighted by atomic mass is 10.2. The Morgan fingerprint density at radius 3 is 2.93 bits per heavy atom. The van der Waals surface area contributed by atoms with Crippen molar-refractivity contribution in [2.24, 2.45) is 5.73 Å². The zero-order chi connectivity index (χ0) is 10.8. The van der Waals surface area contributed by atoms with E-state index in [0.29, 0.717) is 0 Å². The highest BCUT2D eigenvalue weighted by atomic mass is 32.1. The number of hydrogen-bond donors (Lipinski definition) is 1. The van der Waals surface area contributed by atoms with Gasteiger partial charge >= 0.3 is 0 Å². The monoisotopic (exact) mass is 220 g/mol. The van der Waals surface area contributed by atoms with E-state index >= 15 is 0 Å². The highest BCUT2D eigenvalue weighted by Gasteiger charge is 2.06. The smallest absolute Gasteiger partial charge is 0.0939 e. The number of thiazole rings is 1. The first-order valence-corrected chi connectivity index (χ1v) is 6.09. The summed E-state index contributed by atoms with van der Waals surface area (Å²) in [5.41, 5.74) is 8.16. The molecule has 0 amide bonds. The van der Waals surface area contributed by atoms with E-state index in [1.165, 1.54) is 15.3 Å². The van der Waals surface area contributed by atoms with E-state index in [-0.39, 0.29) is 6.04 Å². The molecule has 0 aliphatic heterocycles. The average Bonchev–Trinajstić information content (AvgIpc) is 2.59. The molecule has 0 bridgehead atoms. The van der Waals surface area contributed by atoms with Gasteiger partial charge in [0.1, 0.15) is 0 Å². The Morgan fingerprint density at radius 2 is 2.27 bits per heavy atom. The van der Waals surface area contributed by atoms with Gasteiger partial charge in [-0.3, -0.25) is 0 Å². The largest absolute Gasteiger partial charge is 0.328 e. The molecule has 0 saturated heterocycles. The second kappa shape index (κ2) is 4.29. The van der Waals surface area contributed by atoms with Gasteiger partial charge in [-0.1, -0.05) is 12.1 Å². The van der Waals surface area contributed by atoms with Gasteiger partial charge < -0.3 is 5.73 Å². The molecular formula is C12H16N2S. The Balaban J connectivity index is 2.27. The summed E-state index contributed by atoms with van der Waals surface area (Å²) in [5.74, 6) is 0. The summed E-state index contributed by atoms with van der Waals surface area (Å²) in [6, 6.07) is 6.59. The van der Waals surface area contributed by atoms with Crippen molar-refractivity contribution in [1.82, 2.24) is 4.98 Å². The van der Waals surface area contributed by atoms with E-state index in [4.69, 9.17) is 5.73 Å². The molecule has 1 aromatic heterocycles. The first-order valence-electron chi connectivity index (χ1n) is 5.27. The van der Waals surface area contributed by atoms with Crippen LogP contribution in [0.1, 0.15) is 23.9 Å². The van der Waals surface area contributed by atoms with E-state index in [2.05, 4.69) is 30.1 Å². The zero-order valence-corrected chi connectivity index (χ0v) is 9.97. The number of aromatic nitrogens is 1. The van der Waals surface area contributed by atoms with Gasteiger partial charge in [0.2, 0.25) is 0 Å². The second-order valence-corrected chi connectivity index (χ2v) is 5.16. The second-order valence-electron chi connectivity index (χ2n) is 4.05. The summed E-state index contributed by atoms with van der Waals surface area (Å²) in [7, 11) is 0. The molecule has 0 saturated carbocycles. The number of hydrogen-bond acceptors (Lipinski definition) is 3. The predicted octanol–water partition coefficient (Wildman–Crippen LogP) is 2.88. The fourth-order valence-corrected chi connectivity index (χ4v) is 2.65. The molecule has 1 heterocycles. The van der Waals surface area contributed by atoms with Gasteiger partial charge in [0.15, 0.2) is 0 Å². The molecule has 1 atom stereocenters. The van der Waals surface area contributed by atoms with Crippen LogP contribution < -0.4 is 5.73 Å². The van der Waals surface area contributed by atoms with Crippen LogP contribution in [0.3, 0.4) is 0 Å². The Morgan fingerprint density at radius 1 is 1.47 bits per heavy atom. The third-order valence-corrected chi connectivity index (χ3v) is 3.56. The SMILES string of the molecule is Cc1cccc2sc(CCC(C)N)nc12. The van der Waals surface area contributed by atoms with Gasteiger partial charge in [-0.15, -0.1) is 11.3 Å². The van der Waals surface area contributed by atoms with Crippen LogP contribution in [0.15, 0.2) is 18.2 Å². The molecule has 0 fully saturated rings. The number of nitrogens with two attached hydrogens (primary N) is 1. The number of rotatable bonds is 3. The number of benzene rings is 1. The van der Waals surface area contributed by atoms with E-state index in [1.54, 1.807) is 11.3 Å². The molecule has 2 nitrogen and oxygen atoms in total. The van der Waals surface area contributed by atoms with Crippen LogP contribution in [0.5, 0.6) is 0 Å². The minimum Gasteiger partial charge on any atom is -0.328 e. The number of aryl methyl sites for hydroxylation is 2. The van der Waals surface area contributed by atoms with Crippen LogP contribution >= 0.6 is 11.3 Å². The number of fused-ring (bicyclic) bond motifs is 1. The fourth-order valence-electron chi connectivity index (χ4n) is 1.59. The van der Waals surface area contributed by atoms with Crippen LogP contribution in [-0.4, -0.2) is 11.0 Å². The maximum absolute atomic E-state index is 5.74. The highest BCUT2D eigenvalue weighted by Crippen LogP contribution is 2.25. The quantitative estimate of drug-likeness (QED) is 0.863. The normalized spacial score (nSPS) is 13.3. The topological polar surface area (TPSA) is 38.9 Å². The molecule has 15 heavy (non-hydrogen) atoms. The lowest BCUT2D eigenvalue weighted by molar-refractivity contribution is 0.665. The summed E-state index contributed by atoms with van der Waals surface area (Å²) in [6.07, 6.45) is 2.01. The van der Waals surface area contributed by atoms with Crippen molar-refractivity contribution < 1.29 is 0 Å². The molecular weight excluding hydrogens is 204 g/mol. The summed E-state index contributed by atoms with van der Waals surface area (Å²) in [6.45, 7) is 4.15. The van der Waals surface area contributed by atoms with Crippen molar-refractivity contribution >= 4 is 21.6 Å². The van der Waals surface area contributed by atoms with Crippen LogP contribution in [0.25, 0.3) is 10.2 Å². The van der Waals surface area contributed by atoms with E-state index < -0.39 is 0 Å².